The number of nitrogens with one attached hydrogen (secondary N) is 2. The summed E-state index contributed by atoms with van der Waals surface area (Å²) >= 11 is 7.61. The van der Waals surface area contributed by atoms with Crippen molar-refractivity contribution in [2.75, 3.05) is 0 Å². The number of aromatic nitrogens is 4. The molecule has 3 aromatic rings. The molecule has 0 aliphatic carbocycles. The number of carboxylic acids is 2. The van der Waals surface area contributed by atoms with Crippen molar-refractivity contribution in [2.24, 2.45) is 0 Å². The Morgan fingerprint density at radius 2 is 1.02 bits per heavy atom. The van der Waals surface area contributed by atoms with Crippen LogP contribution in [0, 0.1) is 13.8 Å². The molecule has 0 aromatic carbocycles. The third-order valence-electron chi connectivity index (χ3n) is 8.61. The largest absolute Gasteiger partial charge is 0.481 e. The van der Waals surface area contributed by atoms with Gasteiger partial charge < -0.3 is 20.2 Å². The summed E-state index contributed by atoms with van der Waals surface area (Å²) in [6, 6.07) is 8.10. The number of hydrogen-bond acceptors (Lipinski definition) is 4. The fourth-order valence-corrected chi connectivity index (χ4v) is 7.45. The van der Waals surface area contributed by atoms with Crippen LogP contribution in [-0.2, 0) is 9.59 Å². The summed E-state index contributed by atoms with van der Waals surface area (Å²) < 4.78 is 0. The zero-order chi connectivity index (χ0) is 32.0. The van der Waals surface area contributed by atoms with Crippen molar-refractivity contribution in [3.63, 3.8) is 0 Å². The van der Waals surface area contributed by atoms with Crippen LogP contribution in [0.15, 0.2) is 24.3 Å². The Bertz CT molecular complexity index is 1940. The smallest absolute Gasteiger partial charge is 0.303 e. The van der Waals surface area contributed by atoms with Gasteiger partial charge in [0.05, 0.1) is 22.8 Å². The van der Waals surface area contributed by atoms with Crippen LogP contribution in [0.4, 0.5) is 0 Å². The van der Waals surface area contributed by atoms with Gasteiger partial charge in [0.2, 0.25) is 0 Å². The van der Waals surface area contributed by atoms with Crippen molar-refractivity contribution >= 4 is 122 Å². The number of halogens is 4. The zero-order valence-corrected chi connectivity index (χ0v) is 33.1. The monoisotopic (exact) mass is 882 g/mol. The Morgan fingerprint density at radius 3 is 1.41 bits per heavy atom. The van der Waals surface area contributed by atoms with Crippen LogP contribution in [0.1, 0.15) is 108 Å². The molecule has 2 aliphatic heterocycles. The molecule has 0 spiro atoms. The van der Waals surface area contributed by atoms with E-state index in [1.807, 2.05) is 32.0 Å². The number of carboxylic acid groups (broad SMARTS) is 2. The van der Waals surface area contributed by atoms with E-state index in [1.54, 1.807) is 0 Å². The lowest BCUT2D eigenvalue weighted by Crippen LogP contribution is -1.97. The van der Waals surface area contributed by atoms with Gasteiger partial charge in [-0.05, 0) is 123 Å². The maximum absolute atomic E-state index is 11.6. The van der Waals surface area contributed by atoms with Gasteiger partial charge in [-0.1, -0.05) is 31.9 Å². The maximum Gasteiger partial charge on any atom is 0.303 e. The summed E-state index contributed by atoms with van der Waals surface area (Å²) in [5.74, 6) is -1.76. The molecule has 0 saturated heterocycles. The Kier molecular flexibility index (Phi) is 12.5. The van der Waals surface area contributed by atoms with Gasteiger partial charge in [0, 0.05) is 44.6 Å². The molecule has 0 amide bonds. The van der Waals surface area contributed by atoms with Gasteiger partial charge in [-0.25, -0.2) is 9.97 Å². The molecule has 5 heterocycles. The van der Waals surface area contributed by atoms with Crippen molar-refractivity contribution in [2.45, 2.75) is 76.9 Å². The first kappa shape index (κ1) is 37.9. The highest BCUT2D eigenvalue weighted by Crippen LogP contribution is 2.40. The van der Waals surface area contributed by atoms with Crippen LogP contribution < -0.4 is 0 Å². The number of rotatable bonds is 8. The van der Waals surface area contributed by atoms with E-state index in [1.165, 1.54) is 0 Å². The molecule has 5 rings (SSSR count). The minimum atomic E-state index is -0.880. The lowest BCUT2D eigenvalue weighted by molar-refractivity contribution is -0.137. The molecule has 0 saturated carbocycles. The molecular weight excluding hydrogens is 848 g/mol. The summed E-state index contributed by atoms with van der Waals surface area (Å²) in [4.78, 5) is 40.6. The van der Waals surface area contributed by atoms with Crippen LogP contribution in [-0.4, -0.2) is 42.1 Å². The highest BCUT2D eigenvalue weighted by molar-refractivity contribution is 9.09. The number of aliphatic carboxylic acids is 2. The minimum Gasteiger partial charge on any atom is -0.481 e. The van der Waals surface area contributed by atoms with Crippen LogP contribution in [0.3, 0.4) is 0 Å². The van der Waals surface area contributed by atoms with Crippen LogP contribution in [0.2, 0.25) is 0 Å². The third-order valence-corrected chi connectivity index (χ3v) is 9.52. The normalized spacial score (nSPS) is 14.1. The first-order chi connectivity index (χ1) is 20.8. The second kappa shape index (κ2) is 15.1. The highest BCUT2D eigenvalue weighted by Gasteiger charge is 2.23. The first-order valence-electron chi connectivity index (χ1n) is 14.6. The molecule has 12 heteroatoms. The van der Waals surface area contributed by atoms with Gasteiger partial charge in [-0.3, -0.25) is 9.59 Å². The SMILES string of the molecule is Br.Br.CC1=C(CCC(=O)O)c2cc3nc(cc4[nH]c(cc5[nH]c(cc1n2)c(C)c5C(C)Br)c(C)c4C(C)Br)C(C)=C3CCC(=O)O. The number of hydrogen-bond donors (Lipinski definition) is 4. The van der Waals surface area contributed by atoms with E-state index >= 15 is 0 Å². The second-order valence-corrected chi connectivity index (χ2v) is 14.3. The van der Waals surface area contributed by atoms with E-state index in [0.717, 1.165) is 78.0 Å². The number of aryl methyl sites for hydroxylation is 2. The third kappa shape index (κ3) is 7.45. The van der Waals surface area contributed by atoms with Crippen molar-refractivity contribution in [3.05, 3.63) is 69.3 Å². The summed E-state index contributed by atoms with van der Waals surface area (Å²) in [6.45, 7) is 12.4. The van der Waals surface area contributed by atoms with Crippen molar-refractivity contribution < 1.29 is 19.8 Å². The number of fused-ring (bicyclic) bond motifs is 8. The van der Waals surface area contributed by atoms with E-state index < -0.39 is 11.9 Å². The quantitative estimate of drug-likeness (QED) is 0.167. The minimum absolute atomic E-state index is 0. The van der Waals surface area contributed by atoms with Gasteiger partial charge in [0.25, 0.3) is 0 Å². The Labute approximate surface area is 306 Å². The zero-order valence-electron chi connectivity index (χ0n) is 26.5. The molecule has 2 aliphatic rings. The molecule has 246 valence electrons. The van der Waals surface area contributed by atoms with Crippen LogP contribution >= 0.6 is 65.8 Å². The number of aromatic amines is 2. The summed E-state index contributed by atoms with van der Waals surface area (Å²) in [6.07, 6.45) is 0.580. The Balaban J connectivity index is 0.00000288. The second-order valence-electron chi connectivity index (χ2n) is 11.6. The molecule has 0 fully saturated rings. The number of H-pyrrole nitrogens is 2. The standard InChI is InChI=1S/C34H36Br2N4O4.2BrH/c1-15-21(7-9-31(41)42)27-14-28-22(8-10-32(43)44)16(2)24(38-28)12-29-34(20(6)36)18(4)26(40-29)13-30-33(19(5)35)17(3)25(39-30)11-23(15)37-27;;/h11-14,19-20,39-40H,7-10H2,1-6H3,(H,41,42)(H,43,44);2*1H. The average molecular weight is 886 g/mol. The van der Waals surface area contributed by atoms with Gasteiger partial charge >= 0.3 is 11.9 Å². The maximum atomic E-state index is 11.6. The lowest BCUT2D eigenvalue weighted by atomic mass is 9.98. The lowest BCUT2D eigenvalue weighted by Gasteiger charge is -2.05. The molecule has 4 N–H and O–H groups in total. The molecule has 3 aromatic heterocycles. The summed E-state index contributed by atoms with van der Waals surface area (Å²) in [5, 5.41) is 19.0. The Morgan fingerprint density at radius 1 is 0.652 bits per heavy atom. The van der Waals surface area contributed by atoms with Crippen molar-refractivity contribution in [3.8, 4) is 0 Å². The topological polar surface area (TPSA) is 132 Å². The molecule has 0 radical (unpaired) electrons. The molecule has 8 nitrogen and oxygen atoms in total. The first-order valence-corrected chi connectivity index (χ1v) is 16.5. The summed E-state index contributed by atoms with van der Waals surface area (Å²) in [5.41, 5.74) is 14.7. The van der Waals surface area contributed by atoms with E-state index in [2.05, 4.69) is 75.6 Å². The van der Waals surface area contributed by atoms with E-state index in [9.17, 15) is 19.8 Å². The fraction of sp³-hybridized carbons (Fsp3) is 0.353. The van der Waals surface area contributed by atoms with Crippen LogP contribution in [0.5, 0.6) is 0 Å². The number of carbonyl (C=O) groups is 2. The van der Waals surface area contributed by atoms with Gasteiger partial charge in [-0.2, -0.15) is 0 Å². The molecule has 8 bridgehead atoms. The fourth-order valence-electron chi connectivity index (χ4n) is 6.27. The predicted molar refractivity (Wildman–Crippen MR) is 205 cm³/mol. The molecular formula is C34H38Br4N4O4. The summed E-state index contributed by atoms with van der Waals surface area (Å²) in [7, 11) is 0. The number of allylic oxidation sites excluding steroid dienone is 4. The molecule has 2 unspecified atom stereocenters. The predicted octanol–water partition coefficient (Wildman–Crippen LogP) is 10.6. The Hall–Kier alpha value is -2.54. The van der Waals surface area contributed by atoms with Crippen LogP contribution in [0.25, 0.3) is 44.4 Å². The highest BCUT2D eigenvalue weighted by atomic mass is 79.9. The van der Waals surface area contributed by atoms with E-state index in [0.29, 0.717) is 24.2 Å². The van der Waals surface area contributed by atoms with Gasteiger partial charge in [0.1, 0.15) is 0 Å². The molecule has 2 atom stereocenters. The number of nitrogens with zero attached hydrogens (tertiary/aromatic N) is 2. The van der Waals surface area contributed by atoms with Gasteiger partial charge in [-0.15, -0.1) is 34.0 Å². The van der Waals surface area contributed by atoms with Crippen molar-refractivity contribution in [1.29, 1.82) is 0 Å². The number of alkyl halides is 2. The molecule has 46 heavy (non-hydrogen) atoms. The van der Waals surface area contributed by atoms with Crippen molar-refractivity contribution in [1.82, 2.24) is 19.9 Å². The van der Waals surface area contributed by atoms with Gasteiger partial charge in [0.15, 0.2) is 0 Å². The van der Waals surface area contributed by atoms with E-state index in [-0.39, 0.29) is 56.5 Å². The van der Waals surface area contributed by atoms with E-state index in [4.69, 9.17) is 9.97 Å². The average Bonchev–Trinajstić information content (AvgIpc) is 3.59.